The summed E-state index contributed by atoms with van der Waals surface area (Å²) in [6, 6.07) is 5.78. The van der Waals surface area contributed by atoms with Crippen molar-refractivity contribution in [1.82, 2.24) is 9.97 Å². The van der Waals surface area contributed by atoms with E-state index in [0.29, 0.717) is 5.15 Å². The Bertz CT molecular complexity index is 466. The number of hydrogen-bond donors (Lipinski definition) is 0. The predicted molar refractivity (Wildman–Crippen MR) is 54.0 cm³/mol. The van der Waals surface area contributed by atoms with Crippen LogP contribution in [0.25, 0.3) is 11.0 Å². The minimum absolute atomic E-state index is 0.489. The number of aromatic nitrogens is 2. The van der Waals surface area contributed by atoms with Gasteiger partial charge in [0.1, 0.15) is 5.15 Å². The maximum atomic E-state index is 5.76. The van der Waals surface area contributed by atoms with Crippen molar-refractivity contribution < 1.29 is 0 Å². The fourth-order valence-corrected chi connectivity index (χ4v) is 1.37. The Morgan fingerprint density at radius 2 is 1.92 bits per heavy atom. The molecule has 2 aromatic rings. The van der Waals surface area contributed by atoms with Crippen LogP contribution < -0.4 is 0 Å². The van der Waals surface area contributed by atoms with Crippen LogP contribution in [0.4, 0.5) is 0 Å². The maximum absolute atomic E-state index is 5.76. The van der Waals surface area contributed by atoms with Crippen LogP contribution in [0.15, 0.2) is 18.2 Å². The van der Waals surface area contributed by atoms with E-state index in [9.17, 15) is 0 Å². The summed E-state index contributed by atoms with van der Waals surface area (Å²) in [5.41, 5.74) is 2.90. The molecule has 0 bridgehead atoms. The number of halogens is 1. The predicted octanol–water partition coefficient (Wildman–Crippen LogP) is 2.90. The molecular formula is C10H9ClN2. The van der Waals surface area contributed by atoms with E-state index in [0.717, 1.165) is 16.7 Å². The Morgan fingerprint density at radius 1 is 1.15 bits per heavy atom. The van der Waals surface area contributed by atoms with E-state index >= 15 is 0 Å². The van der Waals surface area contributed by atoms with Crippen LogP contribution in [0, 0.1) is 13.8 Å². The molecule has 0 amide bonds. The van der Waals surface area contributed by atoms with Crippen molar-refractivity contribution in [3.05, 3.63) is 34.6 Å². The van der Waals surface area contributed by atoms with Crippen LogP contribution in [-0.2, 0) is 0 Å². The number of aryl methyl sites for hydroxylation is 2. The monoisotopic (exact) mass is 192 g/mol. The molecule has 13 heavy (non-hydrogen) atoms. The number of hydrogen-bond acceptors (Lipinski definition) is 2. The van der Waals surface area contributed by atoms with Gasteiger partial charge in [-0.1, -0.05) is 11.6 Å². The van der Waals surface area contributed by atoms with E-state index < -0.39 is 0 Å². The summed E-state index contributed by atoms with van der Waals surface area (Å²) in [4.78, 5) is 8.47. The molecule has 0 aliphatic carbocycles. The van der Waals surface area contributed by atoms with Crippen molar-refractivity contribution >= 4 is 22.6 Å². The second-order valence-electron chi connectivity index (χ2n) is 3.07. The zero-order chi connectivity index (χ0) is 9.42. The van der Waals surface area contributed by atoms with Crippen LogP contribution in [-0.4, -0.2) is 9.97 Å². The average molecular weight is 193 g/mol. The zero-order valence-electron chi connectivity index (χ0n) is 7.50. The minimum atomic E-state index is 0.489. The molecule has 0 saturated heterocycles. The number of pyridine rings is 2. The third kappa shape index (κ3) is 1.49. The van der Waals surface area contributed by atoms with Crippen LogP contribution >= 0.6 is 11.6 Å². The standard InChI is InChI=1S/C10H9ClN2/c1-6-5-8-3-4-9(11)13-10(8)12-7(6)2/h3-5H,1-2H3. The van der Waals surface area contributed by atoms with Gasteiger partial charge < -0.3 is 0 Å². The first kappa shape index (κ1) is 8.45. The minimum Gasteiger partial charge on any atom is -0.233 e. The highest BCUT2D eigenvalue weighted by molar-refractivity contribution is 6.29. The normalized spacial score (nSPS) is 10.7. The first-order valence-corrected chi connectivity index (χ1v) is 4.45. The van der Waals surface area contributed by atoms with Gasteiger partial charge in [-0.2, -0.15) is 0 Å². The first-order valence-electron chi connectivity index (χ1n) is 4.07. The van der Waals surface area contributed by atoms with Crippen LogP contribution in [0.2, 0.25) is 5.15 Å². The summed E-state index contributed by atoms with van der Waals surface area (Å²) >= 11 is 5.76. The van der Waals surface area contributed by atoms with Gasteiger partial charge in [0, 0.05) is 11.1 Å². The molecule has 0 atom stereocenters. The average Bonchev–Trinajstić information content (AvgIpc) is 2.08. The molecule has 0 fully saturated rings. The lowest BCUT2D eigenvalue weighted by atomic mass is 10.2. The highest BCUT2D eigenvalue weighted by Crippen LogP contribution is 2.16. The number of nitrogens with zero attached hydrogens (tertiary/aromatic N) is 2. The van der Waals surface area contributed by atoms with E-state index in [1.807, 2.05) is 19.9 Å². The Kier molecular flexibility index (Phi) is 1.93. The molecule has 2 aromatic heterocycles. The van der Waals surface area contributed by atoms with E-state index in [2.05, 4.69) is 16.0 Å². The zero-order valence-corrected chi connectivity index (χ0v) is 8.26. The van der Waals surface area contributed by atoms with E-state index in [1.165, 1.54) is 5.56 Å². The second-order valence-corrected chi connectivity index (χ2v) is 3.46. The summed E-state index contributed by atoms with van der Waals surface area (Å²) in [5, 5.41) is 1.52. The van der Waals surface area contributed by atoms with Crippen LogP contribution in [0.3, 0.4) is 0 Å². The Hall–Kier alpha value is -1.15. The highest BCUT2D eigenvalue weighted by Gasteiger charge is 2.00. The van der Waals surface area contributed by atoms with Gasteiger partial charge in [-0.05, 0) is 37.6 Å². The van der Waals surface area contributed by atoms with Crippen molar-refractivity contribution in [2.45, 2.75) is 13.8 Å². The molecule has 0 radical (unpaired) electrons. The van der Waals surface area contributed by atoms with E-state index in [-0.39, 0.29) is 0 Å². The van der Waals surface area contributed by atoms with Gasteiger partial charge in [0.25, 0.3) is 0 Å². The molecule has 0 aliphatic rings. The first-order chi connectivity index (χ1) is 6.16. The third-order valence-corrected chi connectivity index (χ3v) is 2.30. The summed E-state index contributed by atoms with van der Waals surface area (Å²) in [7, 11) is 0. The van der Waals surface area contributed by atoms with E-state index in [1.54, 1.807) is 6.07 Å². The molecule has 0 saturated carbocycles. The number of fused-ring (bicyclic) bond motifs is 1. The molecule has 0 N–H and O–H groups in total. The molecule has 0 aliphatic heterocycles. The summed E-state index contributed by atoms with van der Waals surface area (Å²) in [6.07, 6.45) is 0. The molecule has 3 heteroatoms. The lowest BCUT2D eigenvalue weighted by Gasteiger charge is -2.01. The molecule has 2 heterocycles. The van der Waals surface area contributed by atoms with Crippen molar-refractivity contribution in [1.29, 1.82) is 0 Å². The lowest BCUT2D eigenvalue weighted by Crippen LogP contribution is -1.90. The quantitative estimate of drug-likeness (QED) is 0.600. The Morgan fingerprint density at radius 3 is 2.69 bits per heavy atom. The largest absolute Gasteiger partial charge is 0.233 e. The smallest absolute Gasteiger partial charge is 0.161 e. The SMILES string of the molecule is Cc1cc2ccc(Cl)nc2nc1C. The van der Waals surface area contributed by atoms with Gasteiger partial charge in [0.05, 0.1) is 0 Å². The maximum Gasteiger partial charge on any atom is 0.161 e. The van der Waals surface area contributed by atoms with Gasteiger partial charge in [-0.15, -0.1) is 0 Å². The summed E-state index contributed by atoms with van der Waals surface area (Å²) < 4.78 is 0. The Labute approximate surface area is 81.6 Å². The molecule has 0 aromatic carbocycles. The highest BCUT2D eigenvalue weighted by atomic mass is 35.5. The summed E-state index contributed by atoms with van der Waals surface area (Å²) in [6.45, 7) is 4.01. The molecular weight excluding hydrogens is 184 g/mol. The van der Waals surface area contributed by atoms with E-state index in [4.69, 9.17) is 11.6 Å². The number of rotatable bonds is 0. The second kappa shape index (κ2) is 2.96. The molecule has 0 spiro atoms. The Balaban J connectivity index is 2.81. The van der Waals surface area contributed by atoms with Crippen molar-refractivity contribution in [3.63, 3.8) is 0 Å². The van der Waals surface area contributed by atoms with Gasteiger partial charge in [0.2, 0.25) is 0 Å². The fraction of sp³-hybridized carbons (Fsp3) is 0.200. The lowest BCUT2D eigenvalue weighted by molar-refractivity contribution is 1.16. The van der Waals surface area contributed by atoms with Crippen molar-refractivity contribution in [3.8, 4) is 0 Å². The summed E-state index contributed by atoms with van der Waals surface area (Å²) in [5.74, 6) is 0. The topological polar surface area (TPSA) is 25.8 Å². The molecule has 0 unspecified atom stereocenters. The van der Waals surface area contributed by atoms with Crippen LogP contribution in [0.5, 0.6) is 0 Å². The van der Waals surface area contributed by atoms with Crippen molar-refractivity contribution in [2.75, 3.05) is 0 Å². The van der Waals surface area contributed by atoms with Crippen molar-refractivity contribution in [2.24, 2.45) is 0 Å². The van der Waals surface area contributed by atoms with Gasteiger partial charge in [-0.3, -0.25) is 0 Å². The molecule has 2 rings (SSSR count). The van der Waals surface area contributed by atoms with Gasteiger partial charge in [0.15, 0.2) is 5.65 Å². The fourth-order valence-electron chi connectivity index (χ4n) is 1.22. The van der Waals surface area contributed by atoms with Gasteiger partial charge in [-0.25, -0.2) is 9.97 Å². The molecule has 66 valence electrons. The van der Waals surface area contributed by atoms with Gasteiger partial charge >= 0.3 is 0 Å². The third-order valence-electron chi connectivity index (χ3n) is 2.09. The molecule has 2 nitrogen and oxygen atoms in total. The van der Waals surface area contributed by atoms with Crippen LogP contribution in [0.1, 0.15) is 11.3 Å².